The first-order valence-corrected chi connectivity index (χ1v) is 8.34. The molecule has 136 valence electrons. The van der Waals surface area contributed by atoms with Crippen LogP contribution in [0.2, 0.25) is 5.02 Å². The van der Waals surface area contributed by atoms with E-state index in [0.29, 0.717) is 22.1 Å². The highest BCUT2D eigenvalue weighted by molar-refractivity contribution is 6.30. The Labute approximate surface area is 160 Å². The molecule has 0 spiro atoms. The number of benzene rings is 2. The number of hydrogen-bond donors (Lipinski definition) is 0. The molecule has 0 atom stereocenters. The predicted molar refractivity (Wildman–Crippen MR) is 104 cm³/mol. The fourth-order valence-corrected chi connectivity index (χ4v) is 2.53. The Balaban J connectivity index is 1.81. The summed E-state index contributed by atoms with van der Waals surface area (Å²) in [5.41, 5.74) is 3.53. The number of rotatable bonds is 5. The molecule has 3 rings (SSSR count). The summed E-state index contributed by atoms with van der Waals surface area (Å²) in [7, 11) is 0. The van der Waals surface area contributed by atoms with Crippen molar-refractivity contribution in [3.63, 3.8) is 0 Å². The van der Waals surface area contributed by atoms with Crippen LogP contribution in [0.15, 0.2) is 58.7 Å². The van der Waals surface area contributed by atoms with Gasteiger partial charge in [0.2, 0.25) is 0 Å². The average Bonchev–Trinajstić information content (AvgIpc) is 3.05. The lowest BCUT2D eigenvalue weighted by atomic mass is 10.2. The molecule has 27 heavy (non-hydrogen) atoms. The maximum Gasteiger partial charge on any atom is 0.269 e. The van der Waals surface area contributed by atoms with Gasteiger partial charge in [-0.2, -0.15) is 10.2 Å². The van der Waals surface area contributed by atoms with Gasteiger partial charge in [0.25, 0.3) is 5.69 Å². The van der Waals surface area contributed by atoms with Crippen molar-refractivity contribution in [3.05, 3.63) is 80.6 Å². The molecule has 3 aromatic rings. The lowest BCUT2D eigenvalue weighted by Gasteiger charge is -2.03. The maximum atomic E-state index is 10.8. The topological polar surface area (TPSA) is 98.6 Å². The Morgan fingerprint density at radius 1 is 1.19 bits per heavy atom. The molecule has 8 nitrogen and oxygen atoms in total. The van der Waals surface area contributed by atoms with Gasteiger partial charge in [-0.1, -0.05) is 28.9 Å². The average molecular weight is 383 g/mol. The molecule has 0 saturated carbocycles. The number of nitro groups is 1. The summed E-state index contributed by atoms with van der Waals surface area (Å²) in [6.45, 7) is 3.63. The Kier molecular flexibility index (Phi) is 5.37. The minimum Gasteiger partial charge on any atom is -0.258 e. The first kappa shape index (κ1) is 18.4. The molecule has 1 heterocycles. The van der Waals surface area contributed by atoms with Crippen LogP contribution in [-0.2, 0) is 0 Å². The first-order valence-electron chi connectivity index (χ1n) is 7.96. The van der Waals surface area contributed by atoms with Gasteiger partial charge in [-0.3, -0.25) is 10.1 Å². The zero-order valence-corrected chi connectivity index (χ0v) is 15.3. The Hall–Kier alpha value is -3.39. The zero-order valence-electron chi connectivity index (χ0n) is 14.6. The third kappa shape index (κ3) is 4.24. The molecule has 9 heteroatoms. The molecule has 0 aliphatic rings. The number of hydrogen-bond acceptors (Lipinski definition) is 6. The second kappa shape index (κ2) is 7.88. The minimum atomic E-state index is -0.446. The first-order chi connectivity index (χ1) is 13.0. The molecule has 0 saturated heterocycles. The van der Waals surface area contributed by atoms with Crippen LogP contribution < -0.4 is 0 Å². The highest BCUT2D eigenvalue weighted by atomic mass is 35.5. The van der Waals surface area contributed by atoms with Crippen LogP contribution in [0.1, 0.15) is 23.9 Å². The van der Waals surface area contributed by atoms with E-state index in [1.165, 1.54) is 12.1 Å². The lowest BCUT2D eigenvalue weighted by Crippen LogP contribution is -2.02. The second-order valence-electron chi connectivity index (χ2n) is 5.69. The highest BCUT2D eigenvalue weighted by Gasteiger charge is 2.13. The van der Waals surface area contributed by atoms with Crippen molar-refractivity contribution in [2.75, 3.05) is 0 Å². The Bertz CT molecular complexity index is 1020. The van der Waals surface area contributed by atoms with Crippen molar-refractivity contribution in [2.24, 2.45) is 10.2 Å². The van der Waals surface area contributed by atoms with Crippen molar-refractivity contribution in [2.45, 2.75) is 13.8 Å². The summed E-state index contributed by atoms with van der Waals surface area (Å²) < 4.78 is 1.60. The van der Waals surface area contributed by atoms with Gasteiger partial charge in [-0.25, -0.2) is 4.68 Å². The van der Waals surface area contributed by atoms with Gasteiger partial charge in [0.15, 0.2) is 0 Å². The predicted octanol–water partition coefficient (Wildman–Crippen LogP) is 3.98. The quantitative estimate of drug-likeness (QED) is 0.378. The van der Waals surface area contributed by atoms with Crippen molar-refractivity contribution in [3.8, 4) is 5.69 Å². The van der Waals surface area contributed by atoms with Crippen LogP contribution in [0.5, 0.6) is 0 Å². The summed E-state index contributed by atoms with van der Waals surface area (Å²) in [5, 5.41) is 27.9. The van der Waals surface area contributed by atoms with Crippen molar-refractivity contribution >= 4 is 29.2 Å². The maximum absolute atomic E-state index is 10.8. The van der Waals surface area contributed by atoms with E-state index >= 15 is 0 Å². The monoisotopic (exact) mass is 382 g/mol. The summed E-state index contributed by atoms with van der Waals surface area (Å²) in [6, 6.07) is 13.3. The van der Waals surface area contributed by atoms with Gasteiger partial charge in [0, 0.05) is 17.2 Å². The van der Waals surface area contributed by atoms with Crippen LogP contribution in [0.3, 0.4) is 0 Å². The molecule has 1 aromatic heterocycles. The standard InChI is InChI=1S/C18H15ClN6O2/c1-12(21-20-11-14-3-5-15(19)6-4-14)18-13(2)24(23-22-18)16-7-9-17(10-8-16)25(26)27/h3-11H,1-2H3/b20-11+,21-12+. The van der Waals surface area contributed by atoms with E-state index < -0.39 is 4.92 Å². The van der Waals surface area contributed by atoms with Gasteiger partial charge in [0.05, 0.1) is 28.2 Å². The molecule has 0 amide bonds. The summed E-state index contributed by atoms with van der Waals surface area (Å²) in [5.74, 6) is 0. The second-order valence-corrected chi connectivity index (χ2v) is 6.13. The van der Waals surface area contributed by atoms with Crippen molar-refractivity contribution in [1.29, 1.82) is 0 Å². The van der Waals surface area contributed by atoms with Gasteiger partial charge < -0.3 is 0 Å². The van der Waals surface area contributed by atoms with E-state index in [4.69, 9.17) is 11.6 Å². The number of aromatic nitrogens is 3. The lowest BCUT2D eigenvalue weighted by molar-refractivity contribution is -0.384. The van der Waals surface area contributed by atoms with Gasteiger partial charge in [-0.05, 0) is 43.7 Å². The van der Waals surface area contributed by atoms with Crippen LogP contribution in [-0.4, -0.2) is 31.8 Å². The SMILES string of the molecule is C/C(=N\N=C\c1ccc(Cl)cc1)c1nnn(-c2ccc([N+](=O)[O-])cc2)c1C. The van der Waals surface area contributed by atoms with E-state index in [-0.39, 0.29) is 5.69 Å². The third-order valence-electron chi connectivity index (χ3n) is 3.83. The fourth-order valence-electron chi connectivity index (χ4n) is 2.40. The van der Waals surface area contributed by atoms with Gasteiger partial charge in [0.1, 0.15) is 5.69 Å². The number of halogens is 1. The summed E-state index contributed by atoms with van der Waals surface area (Å²) >= 11 is 5.85. The summed E-state index contributed by atoms with van der Waals surface area (Å²) in [6.07, 6.45) is 1.62. The smallest absolute Gasteiger partial charge is 0.258 e. The molecule has 0 unspecified atom stereocenters. The van der Waals surface area contributed by atoms with E-state index in [2.05, 4.69) is 20.5 Å². The molecular weight excluding hydrogens is 368 g/mol. The zero-order chi connectivity index (χ0) is 19.4. The molecule has 0 aliphatic heterocycles. The van der Waals surface area contributed by atoms with Crippen molar-refractivity contribution < 1.29 is 4.92 Å². The molecule has 0 N–H and O–H groups in total. The minimum absolute atomic E-state index is 0.0195. The van der Waals surface area contributed by atoms with Crippen LogP contribution >= 0.6 is 11.6 Å². The molecule has 0 bridgehead atoms. The number of nitrogens with zero attached hydrogens (tertiary/aromatic N) is 6. The van der Waals surface area contributed by atoms with Gasteiger partial charge >= 0.3 is 0 Å². The normalized spacial score (nSPS) is 11.9. The van der Waals surface area contributed by atoms with Crippen LogP contribution in [0.4, 0.5) is 5.69 Å². The Morgan fingerprint density at radius 3 is 2.48 bits per heavy atom. The molecular formula is C18H15ClN6O2. The third-order valence-corrected chi connectivity index (χ3v) is 4.08. The number of non-ortho nitro benzene ring substituents is 1. The highest BCUT2D eigenvalue weighted by Crippen LogP contribution is 2.17. The molecule has 0 radical (unpaired) electrons. The fraction of sp³-hybridized carbons (Fsp3) is 0.111. The van der Waals surface area contributed by atoms with Crippen LogP contribution in [0, 0.1) is 17.0 Å². The van der Waals surface area contributed by atoms with E-state index in [1.54, 1.807) is 42.1 Å². The van der Waals surface area contributed by atoms with E-state index in [9.17, 15) is 10.1 Å². The Morgan fingerprint density at radius 2 is 1.85 bits per heavy atom. The molecule has 0 fully saturated rings. The largest absolute Gasteiger partial charge is 0.269 e. The van der Waals surface area contributed by atoms with E-state index in [0.717, 1.165) is 11.3 Å². The van der Waals surface area contributed by atoms with E-state index in [1.807, 2.05) is 19.1 Å². The number of nitro benzene ring substituents is 1. The molecule has 0 aliphatic carbocycles. The molecule has 2 aromatic carbocycles. The van der Waals surface area contributed by atoms with Crippen molar-refractivity contribution in [1.82, 2.24) is 15.0 Å². The summed E-state index contributed by atoms with van der Waals surface area (Å²) in [4.78, 5) is 10.3. The van der Waals surface area contributed by atoms with Gasteiger partial charge in [-0.15, -0.1) is 5.10 Å². The van der Waals surface area contributed by atoms with Crippen LogP contribution in [0.25, 0.3) is 5.69 Å².